The van der Waals surface area contributed by atoms with E-state index in [1.807, 2.05) is 18.3 Å². The molecule has 2 rings (SSSR count). The van der Waals surface area contributed by atoms with Gasteiger partial charge < -0.3 is 5.32 Å². The van der Waals surface area contributed by atoms with Crippen LogP contribution in [-0.2, 0) is 6.54 Å². The Morgan fingerprint density at radius 1 is 1.39 bits per heavy atom. The van der Waals surface area contributed by atoms with Crippen molar-refractivity contribution in [3.05, 3.63) is 30.1 Å². The van der Waals surface area contributed by atoms with Crippen LogP contribution in [0.15, 0.2) is 24.4 Å². The molecule has 1 saturated carbocycles. The lowest BCUT2D eigenvalue weighted by atomic mass is 10.2. The molecule has 0 unspecified atom stereocenters. The minimum atomic E-state index is 0.765. The van der Waals surface area contributed by atoms with Crippen molar-refractivity contribution in [2.75, 3.05) is 19.6 Å². The first-order valence-corrected chi connectivity index (χ1v) is 7.10. The SMILES string of the molecule is CC(C)CN(CCNCc1ccccn1)C1CC1. The summed E-state index contributed by atoms with van der Waals surface area (Å²) < 4.78 is 0. The van der Waals surface area contributed by atoms with Crippen LogP contribution in [0.2, 0.25) is 0 Å². The molecule has 3 heteroatoms. The molecule has 0 radical (unpaired) electrons. The fourth-order valence-corrected chi connectivity index (χ4v) is 2.27. The highest BCUT2D eigenvalue weighted by Gasteiger charge is 2.28. The number of aromatic nitrogens is 1. The van der Waals surface area contributed by atoms with Gasteiger partial charge in [0.2, 0.25) is 0 Å². The summed E-state index contributed by atoms with van der Waals surface area (Å²) in [5.41, 5.74) is 1.12. The maximum atomic E-state index is 4.32. The normalized spacial score (nSPS) is 15.6. The fourth-order valence-electron chi connectivity index (χ4n) is 2.27. The maximum absolute atomic E-state index is 4.32. The molecule has 0 amide bonds. The van der Waals surface area contributed by atoms with Gasteiger partial charge in [0.05, 0.1) is 5.69 Å². The molecule has 0 aromatic carbocycles. The number of nitrogens with one attached hydrogen (secondary N) is 1. The molecule has 1 aromatic rings. The van der Waals surface area contributed by atoms with Gasteiger partial charge in [0, 0.05) is 38.4 Å². The van der Waals surface area contributed by atoms with Crippen LogP contribution >= 0.6 is 0 Å². The van der Waals surface area contributed by atoms with Gasteiger partial charge >= 0.3 is 0 Å². The maximum Gasteiger partial charge on any atom is 0.0541 e. The Morgan fingerprint density at radius 3 is 2.83 bits per heavy atom. The number of pyridine rings is 1. The van der Waals surface area contributed by atoms with Crippen LogP contribution in [0.5, 0.6) is 0 Å². The molecule has 18 heavy (non-hydrogen) atoms. The van der Waals surface area contributed by atoms with Crippen molar-refractivity contribution in [1.29, 1.82) is 0 Å². The van der Waals surface area contributed by atoms with Gasteiger partial charge in [0.1, 0.15) is 0 Å². The van der Waals surface area contributed by atoms with Crippen LogP contribution < -0.4 is 5.32 Å². The molecular weight excluding hydrogens is 222 g/mol. The van der Waals surface area contributed by atoms with Crippen molar-refractivity contribution in [2.45, 2.75) is 39.3 Å². The van der Waals surface area contributed by atoms with Gasteiger partial charge in [-0.1, -0.05) is 19.9 Å². The zero-order valence-corrected chi connectivity index (χ0v) is 11.6. The fraction of sp³-hybridized carbons (Fsp3) is 0.667. The molecule has 3 nitrogen and oxygen atoms in total. The number of hydrogen-bond acceptors (Lipinski definition) is 3. The van der Waals surface area contributed by atoms with Crippen LogP contribution in [0.4, 0.5) is 0 Å². The quantitative estimate of drug-likeness (QED) is 0.714. The van der Waals surface area contributed by atoms with E-state index >= 15 is 0 Å². The van der Waals surface area contributed by atoms with Crippen LogP contribution in [0.1, 0.15) is 32.4 Å². The minimum absolute atomic E-state index is 0.765. The van der Waals surface area contributed by atoms with Gasteiger partial charge in [-0.3, -0.25) is 9.88 Å². The first-order chi connectivity index (χ1) is 8.75. The van der Waals surface area contributed by atoms with E-state index < -0.39 is 0 Å². The largest absolute Gasteiger partial charge is 0.310 e. The van der Waals surface area contributed by atoms with E-state index in [0.717, 1.165) is 37.3 Å². The lowest BCUT2D eigenvalue weighted by molar-refractivity contribution is 0.234. The van der Waals surface area contributed by atoms with Crippen LogP contribution in [-0.4, -0.2) is 35.6 Å². The summed E-state index contributed by atoms with van der Waals surface area (Å²) in [6, 6.07) is 6.93. The van der Waals surface area contributed by atoms with Gasteiger partial charge in [-0.2, -0.15) is 0 Å². The Morgan fingerprint density at radius 2 is 2.22 bits per heavy atom. The standard InChI is InChI=1S/C15H25N3/c1-13(2)12-18(15-6-7-15)10-9-16-11-14-5-3-4-8-17-14/h3-5,8,13,15-16H,6-7,9-12H2,1-2H3. The molecule has 1 fully saturated rings. The van der Waals surface area contributed by atoms with E-state index in [-0.39, 0.29) is 0 Å². The Bertz CT molecular complexity index is 333. The van der Waals surface area contributed by atoms with Gasteiger partial charge in [0.15, 0.2) is 0 Å². The third-order valence-electron chi connectivity index (χ3n) is 3.27. The highest BCUT2D eigenvalue weighted by molar-refractivity contribution is 5.02. The van der Waals surface area contributed by atoms with Crippen molar-refractivity contribution in [1.82, 2.24) is 15.2 Å². The summed E-state index contributed by atoms with van der Waals surface area (Å²) in [5.74, 6) is 0.765. The van der Waals surface area contributed by atoms with Crippen LogP contribution in [0.3, 0.4) is 0 Å². The Kier molecular flexibility index (Phi) is 5.14. The molecule has 0 bridgehead atoms. The number of hydrogen-bond donors (Lipinski definition) is 1. The monoisotopic (exact) mass is 247 g/mol. The molecular formula is C15H25N3. The molecule has 0 atom stereocenters. The van der Waals surface area contributed by atoms with Crippen molar-refractivity contribution < 1.29 is 0 Å². The van der Waals surface area contributed by atoms with Gasteiger partial charge in [-0.05, 0) is 30.9 Å². The summed E-state index contributed by atoms with van der Waals surface area (Å²) >= 11 is 0. The third kappa shape index (κ3) is 4.75. The van der Waals surface area contributed by atoms with Gasteiger partial charge in [-0.15, -0.1) is 0 Å². The minimum Gasteiger partial charge on any atom is -0.310 e. The Balaban J connectivity index is 1.64. The molecule has 100 valence electrons. The molecule has 1 aliphatic carbocycles. The predicted octanol–water partition coefficient (Wildman–Crippen LogP) is 2.29. The van der Waals surface area contributed by atoms with E-state index in [0.29, 0.717) is 0 Å². The molecule has 0 aliphatic heterocycles. The average Bonchev–Trinajstić information content (AvgIpc) is 3.18. The molecule has 1 N–H and O–H groups in total. The zero-order valence-electron chi connectivity index (χ0n) is 11.6. The molecule has 0 spiro atoms. The highest BCUT2D eigenvalue weighted by Crippen LogP contribution is 2.26. The van der Waals surface area contributed by atoms with Crippen LogP contribution in [0.25, 0.3) is 0 Å². The van der Waals surface area contributed by atoms with Crippen molar-refractivity contribution in [3.63, 3.8) is 0 Å². The average molecular weight is 247 g/mol. The van der Waals surface area contributed by atoms with E-state index in [4.69, 9.17) is 0 Å². The van der Waals surface area contributed by atoms with Crippen molar-refractivity contribution in [3.8, 4) is 0 Å². The number of nitrogens with zero attached hydrogens (tertiary/aromatic N) is 2. The van der Waals surface area contributed by atoms with Gasteiger partial charge in [-0.25, -0.2) is 0 Å². The van der Waals surface area contributed by atoms with E-state index in [1.54, 1.807) is 0 Å². The highest BCUT2D eigenvalue weighted by atomic mass is 15.2. The first-order valence-electron chi connectivity index (χ1n) is 7.10. The second-order valence-corrected chi connectivity index (χ2v) is 5.62. The lowest BCUT2D eigenvalue weighted by Crippen LogP contribution is -2.36. The van der Waals surface area contributed by atoms with E-state index in [2.05, 4.69) is 35.1 Å². The van der Waals surface area contributed by atoms with Crippen molar-refractivity contribution in [2.24, 2.45) is 5.92 Å². The van der Waals surface area contributed by atoms with Gasteiger partial charge in [0.25, 0.3) is 0 Å². The van der Waals surface area contributed by atoms with E-state index in [1.165, 1.54) is 19.4 Å². The second-order valence-electron chi connectivity index (χ2n) is 5.62. The molecule has 1 aliphatic rings. The summed E-state index contributed by atoms with van der Waals surface area (Å²) in [6.07, 6.45) is 4.65. The summed E-state index contributed by atoms with van der Waals surface area (Å²) in [5, 5.41) is 3.48. The Hall–Kier alpha value is -0.930. The summed E-state index contributed by atoms with van der Waals surface area (Å²) in [7, 11) is 0. The lowest BCUT2D eigenvalue weighted by Gasteiger charge is -2.24. The first kappa shape index (κ1) is 13.5. The molecule has 1 heterocycles. The second kappa shape index (κ2) is 6.86. The molecule has 1 aromatic heterocycles. The third-order valence-corrected chi connectivity index (χ3v) is 3.27. The topological polar surface area (TPSA) is 28.2 Å². The smallest absolute Gasteiger partial charge is 0.0541 e. The predicted molar refractivity (Wildman–Crippen MR) is 75.4 cm³/mol. The Labute approximate surface area is 111 Å². The van der Waals surface area contributed by atoms with E-state index in [9.17, 15) is 0 Å². The number of rotatable bonds is 8. The summed E-state index contributed by atoms with van der Waals surface area (Å²) in [4.78, 5) is 6.95. The zero-order chi connectivity index (χ0) is 12.8. The van der Waals surface area contributed by atoms with Crippen molar-refractivity contribution >= 4 is 0 Å². The van der Waals surface area contributed by atoms with Crippen LogP contribution in [0, 0.1) is 5.92 Å². The molecule has 0 saturated heterocycles. The summed E-state index contributed by atoms with van der Waals surface area (Å²) in [6.45, 7) is 8.93.